The summed E-state index contributed by atoms with van der Waals surface area (Å²) in [7, 11) is 6.75. The number of carbonyl (C=O) groups excluding carboxylic acids is 2. The summed E-state index contributed by atoms with van der Waals surface area (Å²) >= 11 is 0. The monoisotopic (exact) mass is 1380 g/mol. The van der Waals surface area contributed by atoms with Gasteiger partial charge in [0.1, 0.15) is 61.1 Å². The van der Waals surface area contributed by atoms with Gasteiger partial charge in [0.05, 0.1) is 97.2 Å². The Morgan fingerprint density at radius 1 is 0.333 bits per heavy atom. The number of carboxylic acid groups (broad SMARTS) is 4. The molecule has 3 heterocycles. The first kappa shape index (κ1) is 74.0. The molecule has 0 saturated carbocycles. The van der Waals surface area contributed by atoms with Crippen LogP contribution in [0.5, 0.6) is 23.0 Å². The molecule has 2 amide bonds. The summed E-state index contributed by atoms with van der Waals surface area (Å²) < 4.78 is 45.0. The molecule has 1 aliphatic heterocycles. The van der Waals surface area contributed by atoms with E-state index in [9.17, 15) is 49.2 Å². The first-order valence-electron chi connectivity index (χ1n) is 32.2. The van der Waals surface area contributed by atoms with Crippen LogP contribution in [-0.4, -0.2) is 194 Å². The van der Waals surface area contributed by atoms with Crippen LogP contribution >= 0.6 is 0 Å². The molecule has 6 N–H and O–H groups in total. The molecule has 0 saturated heterocycles. The van der Waals surface area contributed by atoms with E-state index in [0.29, 0.717) is 158 Å². The fourth-order valence-corrected chi connectivity index (χ4v) is 10.3. The van der Waals surface area contributed by atoms with Crippen molar-refractivity contribution < 1.29 is 87.1 Å². The number of aromatic carboxylic acids is 4. The van der Waals surface area contributed by atoms with Gasteiger partial charge in [0, 0.05) is 73.7 Å². The van der Waals surface area contributed by atoms with Crippen molar-refractivity contribution in [2.45, 2.75) is 0 Å². The van der Waals surface area contributed by atoms with Gasteiger partial charge in [-0.25, -0.2) is 29.1 Å². The molecule has 0 radical (unpaired) electrons. The van der Waals surface area contributed by atoms with Crippen molar-refractivity contribution in [2.75, 3.05) is 107 Å². The minimum Gasteiger partial charge on any atom is -0.491 e. The lowest BCUT2D eigenvalue weighted by Gasteiger charge is -2.12. The zero-order valence-corrected chi connectivity index (χ0v) is 56.4. The van der Waals surface area contributed by atoms with Gasteiger partial charge < -0.3 is 78.1 Å². The van der Waals surface area contributed by atoms with Crippen LogP contribution in [0.4, 0.5) is 0 Å². The lowest BCUT2D eigenvalue weighted by Crippen LogP contribution is -2.14. The van der Waals surface area contributed by atoms with E-state index in [1.54, 1.807) is 76.7 Å². The molecule has 526 valence electrons. The molecule has 0 spiro atoms. The number of amides is 2. The predicted octanol–water partition coefficient (Wildman–Crippen LogP) is 12.6. The molecular weight excluding hydrogens is 1310 g/mol. The van der Waals surface area contributed by atoms with Crippen molar-refractivity contribution in [1.82, 2.24) is 29.7 Å². The zero-order valence-electron chi connectivity index (χ0n) is 56.4. The summed E-state index contributed by atoms with van der Waals surface area (Å²) in [6.45, 7) is 5.72. The first-order valence-corrected chi connectivity index (χ1v) is 32.2. The highest BCUT2D eigenvalue weighted by Gasteiger charge is 2.21. The van der Waals surface area contributed by atoms with E-state index in [1.165, 1.54) is 34.1 Å². The highest BCUT2D eigenvalue weighted by Crippen LogP contribution is 2.40. The number of carbonyl (C=O) groups is 6. The van der Waals surface area contributed by atoms with Gasteiger partial charge in [-0.1, -0.05) is 109 Å². The topological polar surface area (TPSA) is 321 Å². The SMILES string of the molecule is CN(C)C=O.CN(C)C=O.O=C(O)c1cccc(-c2ccc(-c3cccc(C(=O)O)c3)c3[nH]c(-c4ccc(-c5nc6c(-c7cccc(C(=O)O)c7)ccc(-c7cccc(C(=O)O)c7)c6[nH]5)cc4)nc23)c1.c1cc2cc(c1)OCCOCCOCCOc1cccc(c1)OCCOCCOCCO2. The molecule has 2 aromatic heterocycles. The first-order chi connectivity index (χ1) is 49.5. The van der Waals surface area contributed by atoms with Crippen LogP contribution in [0, 0.1) is 0 Å². The van der Waals surface area contributed by atoms with Gasteiger partial charge in [-0.3, -0.25) is 9.59 Å². The highest BCUT2D eigenvalue weighted by molar-refractivity contribution is 6.05. The molecule has 0 unspecified atom stereocenters. The van der Waals surface area contributed by atoms with Crippen molar-refractivity contribution >= 4 is 58.8 Å². The molecule has 0 aliphatic carbocycles. The smallest absolute Gasteiger partial charge is 0.335 e. The largest absolute Gasteiger partial charge is 0.491 e. The van der Waals surface area contributed by atoms with Gasteiger partial charge in [0.15, 0.2) is 0 Å². The Balaban J connectivity index is 0.000000241. The van der Waals surface area contributed by atoms with Crippen LogP contribution in [0.2, 0.25) is 0 Å². The maximum Gasteiger partial charge on any atom is 0.335 e. The Hall–Kier alpha value is -12.2. The number of carboxylic acids is 4. The fraction of sp³-hybridized carbons (Fsp3) is 0.205. The normalized spacial score (nSPS) is 13.0. The summed E-state index contributed by atoms with van der Waals surface area (Å²) in [4.78, 5) is 86.1. The number of benzene rings is 9. The summed E-state index contributed by atoms with van der Waals surface area (Å²) in [6.07, 6.45) is 1.50. The van der Waals surface area contributed by atoms with E-state index in [2.05, 4.69) is 9.97 Å². The van der Waals surface area contributed by atoms with Gasteiger partial charge in [0.2, 0.25) is 12.8 Å². The second kappa shape index (κ2) is 37.1. The third-order valence-electron chi connectivity index (χ3n) is 15.2. The number of H-pyrrole nitrogens is 2. The Morgan fingerprint density at radius 3 is 0.843 bits per heavy atom. The van der Waals surface area contributed by atoms with E-state index in [4.69, 9.17) is 47.9 Å². The molecule has 11 aromatic rings. The number of aromatic nitrogens is 4. The standard InChI is InChI=1S/C48H30N4O8.C24H32O8.2C3H7NO/c53-45(54)31-9-1-5-27(21-31)35-17-18-36(28-6-2-10-32(22-28)46(55)56)40-39(35)49-43(50-40)25-13-15-26(16-14-25)44-51-41-37(29-7-3-11-33(23-29)47(57)58)19-20-38(42(41)52-44)30-8-4-12-34(24-30)48(59)60;1-3-21-19-22(4-1)30-16-12-26-8-10-28-14-18-32-24-6-2-5-23(20-24)31-17-13-27-9-7-25-11-15-29-21;2*1-4(2)3-5/h1-24H,(H,49,50)(H,51,52)(H,53,54)(H,55,56)(H,57,58)(H,59,60);1-6,19-20H,7-18H2;2*3H,1-2H3. The predicted molar refractivity (Wildman–Crippen MR) is 384 cm³/mol. The van der Waals surface area contributed by atoms with Crippen LogP contribution in [-0.2, 0) is 28.5 Å². The third-order valence-corrected chi connectivity index (χ3v) is 15.2. The Bertz CT molecular complexity index is 4130. The Labute approximate surface area is 587 Å². The van der Waals surface area contributed by atoms with E-state index >= 15 is 0 Å². The average molecular weight is 1390 g/mol. The molecule has 0 atom stereocenters. The number of nitrogens with zero attached hydrogens (tertiary/aromatic N) is 4. The molecular formula is C78H76N6O18. The Kier molecular flexibility index (Phi) is 26.9. The minimum atomic E-state index is -1.06. The molecule has 4 bridgehead atoms. The lowest BCUT2D eigenvalue weighted by atomic mass is 9.96. The maximum absolute atomic E-state index is 11.9. The second-order valence-corrected chi connectivity index (χ2v) is 23.0. The maximum atomic E-state index is 11.9. The summed E-state index contributed by atoms with van der Waals surface area (Å²) in [5.41, 5.74) is 9.71. The van der Waals surface area contributed by atoms with E-state index in [0.717, 1.165) is 46.9 Å². The van der Waals surface area contributed by atoms with Crippen LogP contribution in [0.25, 0.3) is 89.4 Å². The number of ether oxygens (including phenoxy) is 8. The summed E-state index contributed by atoms with van der Waals surface area (Å²) in [6, 6.07) is 56.3. The van der Waals surface area contributed by atoms with Crippen molar-refractivity contribution in [1.29, 1.82) is 0 Å². The van der Waals surface area contributed by atoms with Crippen LogP contribution in [0.15, 0.2) is 194 Å². The molecule has 9 aromatic carbocycles. The third kappa shape index (κ3) is 20.9. The minimum absolute atomic E-state index is 0.123. The van der Waals surface area contributed by atoms with Crippen molar-refractivity contribution in [3.8, 4) is 90.3 Å². The fourth-order valence-electron chi connectivity index (χ4n) is 10.3. The van der Waals surface area contributed by atoms with Crippen molar-refractivity contribution in [3.63, 3.8) is 0 Å². The van der Waals surface area contributed by atoms with Crippen molar-refractivity contribution in [3.05, 3.63) is 216 Å². The van der Waals surface area contributed by atoms with Gasteiger partial charge >= 0.3 is 23.9 Å². The molecule has 24 nitrogen and oxygen atoms in total. The van der Waals surface area contributed by atoms with Crippen LogP contribution < -0.4 is 18.9 Å². The molecule has 24 heteroatoms. The number of aromatic amines is 2. The van der Waals surface area contributed by atoms with E-state index in [-0.39, 0.29) is 22.3 Å². The number of hydrogen-bond donors (Lipinski definition) is 6. The number of rotatable bonds is 12. The summed E-state index contributed by atoms with van der Waals surface area (Å²) in [5.74, 6) is -0.259. The molecule has 102 heavy (non-hydrogen) atoms. The molecule has 12 rings (SSSR count). The van der Waals surface area contributed by atoms with Crippen LogP contribution in [0.1, 0.15) is 41.4 Å². The second-order valence-electron chi connectivity index (χ2n) is 23.0. The number of imidazole rings is 2. The van der Waals surface area contributed by atoms with E-state index < -0.39 is 23.9 Å². The molecule has 1 aliphatic rings. The zero-order chi connectivity index (χ0) is 72.3. The van der Waals surface area contributed by atoms with Gasteiger partial charge in [-0.15, -0.1) is 0 Å². The average Bonchev–Trinajstić information content (AvgIpc) is 1.59. The number of nitrogens with one attached hydrogen (secondary N) is 2. The lowest BCUT2D eigenvalue weighted by molar-refractivity contribution is -0.116. The number of fused-ring (bicyclic) bond motifs is 6. The van der Waals surface area contributed by atoms with E-state index in [1.807, 2.05) is 121 Å². The van der Waals surface area contributed by atoms with Gasteiger partial charge in [-0.05, 0) is 95.1 Å². The van der Waals surface area contributed by atoms with Gasteiger partial charge in [-0.2, -0.15) is 0 Å². The van der Waals surface area contributed by atoms with Crippen LogP contribution in [0.3, 0.4) is 0 Å². The van der Waals surface area contributed by atoms with Gasteiger partial charge in [0.25, 0.3) is 0 Å². The quantitative estimate of drug-likeness (QED) is 0.0619. The molecule has 0 fully saturated rings. The van der Waals surface area contributed by atoms with Crippen molar-refractivity contribution in [2.24, 2.45) is 0 Å². The number of hydrogen-bond acceptors (Lipinski definition) is 16. The Morgan fingerprint density at radius 2 is 0.578 bits per heavy atom. The summed E-state index contributed by atoms with van der Waals surface area (Å²) in [5, 5.41) is 38.8. The highest BCUT2D eigenvalue weighted by atomic mass is 16.6.